The van der Waals surface area contributed by atoms with Crippen LogP contribution in [0.3, 0.4) is 0 Å². The molecule has 0 amide bonds. The van der Waals surface area contributed by atoms with Gasteiger partial charge in [-0.3, -0.25) is 24.2 Å². The third-order valence-electron chi connectivity index (χ3n) is 11.4. The van der Waals surface area contributed by atoms with Gasteiger partial charge in [0.15, 0.2) is 17.9 Å². The normalized spacial score (nSPS) is 14.0. The van der Waals surface area contributed by atoms with Crippen molar-refractivity contribution in [3.8, 4) is 22.3 Å². The van der Waals surface area contributed by atoms with Crippen LogP contribution in [-0.4, -0.2) is 130 Å². The number of halogens is 2. The summed E-state index contributed by atoms with van der Waals surface area (Å²) in [4.78, 5) is 31.5. The van der Waals surface area contributed by atoms with Crippen LogP contribution in [0.5, 0.6) is 0 Å². The molecule has 2 unspecified atom stereocenters. The van der Waals surface area contributed by atoms with Crippen molar-refractivity contribution in [1.82, 2.24) is 64.8 Å². The van der Waals surface area contributed by atoms with Crippen LogP contribution in [-0.2, 0) is 32.1 Å². The number of fused-ring (bicyclic) bond motifs is 2. The number of rotatable bonds is 19. The highest BCUT2D eigenvalue weighted by molar-refractivity contribution is 5.83. The first-order valence-corrected chi connectivity index (χ1v) is 22.4. The van der Waals surface area contributed by atoms with Gasteiger partial charge in [-0.25, -0.2) is 9.97 Å². The second-order valence-corrected chi connectivity index (χ2v) is 17.1. The lowest BCUT2D eigenvalue weighted by molar-refractivity contribution is -0.198. The Hall–Kier alpha value is -7.33. The molecule has 21 heteroatoms. The molecule has 0 saturated carbocycles. The maximum Gasteiger partial charge on any atom is 0.345 e. The number of likely N-dealkylation sites (tertiary alicyclic amines) is 1. The number of aldehydes is 1. The van der Waals surface area contributed by atoms with Crippen molar-refractivity contribution in [3.05, 3.63) is 109 Å². The van der Waals surface area contributed by atoms with Crippen LogP contribution in [0.2, 0.25) is 0 Å². The first kappa shape index (κ1) is 48.1. The van der Waals surface area contributed by atoms with Crippen LogP contribution >= 0.6 is 0 Å². The average Bonchev–Trinajstić information content (AvgIpc) is 4.02. The molecule has 1 aliphatic rings. The molecule has 358 valence electrons. The molecule has 8 aromatic heterocycles. The summed E-state index contributed by atoms with van der Waals surface area (Å²) in [6.45, 7) is 8.12. The summed E-state index contributed by atoms with van der Waals surface area (Å²) in [6, 6.07) is 15.4. The summed E-state index contributed by atoms with van der Waals surface area (Å²) < 4.78 is 43.4. The van der Waals surface area contributed by atoms with Gasteiger partial charge in [-0.05, 0) is 71.5 Å². The van der Waals surface area contributed by atoms with Crippen LogP contribution in [0.15, 0.2) is 98.1 Å². The fourth-order valence-corrected chi connectivity index (χ4v) is 7.44. The molecular formula is C48H53F2N15O4. The van der Waals surface area contributed by atoms with Crippen molar-refractivity contribution < 1.29 is 27.8 Å². The standard InChI is InChI=1S/C26H30F2N8O2.C22H23N7O2/c1-16(2)17-7-25(34-30-9-17)33-24-5-4-22-23(32-24)6-18(8-29-22)19-10-31-36(11-19)15-20(37-3)12-35-13-21(14-35)38-26(27)28;1-14(2)15-7-22(28-24-9-15)27-21-5-4-19-20(26-21)6-16(8-23-19)17-10-25-29(11-17)12-18(13-30)31-3/h4-11,16,20-21,26H,12-15H2,1-3H3,(H,32,33,34);4-11,13-14,18H,12H2,1-3H3,(H,26,27,28). The number of ether oxygens (including phenoxy) is 3. The Morgan fingerprint density at radius 3 is 1.62 bits per heavy atom. The number of pyridine rings is 4. The number of hydrogen-bond donors (Lipinski definition) is 2. The molecule has 0 radical (unpaired) electrons. The minimum atomic E-state index is -2.73. The van der Waals surface area contributed by atoms with Crippen molar-refractivity contribution in [2.45, 2.75) is 77.5 Å². The summed E-state index contributed by atoms with van der Waals surface area (Å²) >= 11 is 0. The molecule has 1 fully saturated rings. The molecule has 2 atom stereocenters. The number of alkyl halides is 2. The van der Waals surface area contributed by atoms with E-state index >= 15 is 0 Å². The monoisotopic (exact) mass is 941 g/mol. The molecular weight excluding hydrogens is 889 g/mol. The molecule has 2 N–H and O–H groups in total. The number of carbonyl (C=O) groups is 1. The van der Waals surface area contributed by atoms with E-state index in [0.29, 0.717) is 67.8 Å². The molecule has 0 bridgehead atoms. The Labute approximate surface area is 396 Å². The first-order valence-electron chi connectivity index (χ1n) is 22.4. The SMILES string of the molecule is COC(C=O)Cn1cc(-c2cnc3ccc(Nc4cc(C(C)C)cnn4)nc3c2)cn1.COC(CN1CC(OC(F)F)C1)Cn1cc(-c2cnc3ccc(Nc4cc(C(C)C)cnn4)nc3c2)cn1. The van der Waals surface area contributed by atoms with Crippen molar-refractivity contribution >= 4 is 51.6 Å². The van der Waals surface area contributed by atoms with Crippen molar-refractivity contribution in [2.24, 2.45) is 0 Å². The smallest absolute Gasteiger partial charge is 0.345 e. The Balaban J connectivity index is 0.000000190. The zero-order chi connectivity index (χ0) is 48.4. The fourth-order valence-electron chi connectivity index (χ4n) is 7.44. The van der Waals surface area contributed by atoms with E-state index in [9.17, 15) is 13.6 Å². The largest absolute Gasteiger partial charge is 0.378 e. The van der Waals surface area contributed by atoms with Gasteiger partial charge in [0.25, 0.3) is 0 Å². The highest BCUT2D eigenvalue weighted by atomic mass is 19.3. The lowest BCUT2D eigenvalue weighted by atomic mass is 10.1. The van der Waals surface area contributed by atoms with Gasteiger partial charge >= 0.3 is 6.61 Å². The van der Waals surface area contributed by atoms with Crippen LogP contribution in [0, 0.1) is 0 Å². The van der Waals surface area contributed by atoms with Crippen LogP contribution in [0.25, 0.3) is 44.3 Å². The maximum absolute atomic E-state index is 12.3. The number of methoxy groups -OCH3 is 2. The number of hydrogen-bond acceptors (Lipinski definition) is 17. The molecule has 0 spiro atoms. The van der Waals surface area contributed by atoms with Gasteiger partial charge in [0.05, 0.1) is 72.2 Å². The van der Waals surface area contributed by atoms with Crippen molar-refractivity contribution in [2.75, 3.05) is 44.5 Å². The van der Waals surface area contributed by atoms with E-state index in [1.54, 1.807) is 49.0 Å². The average molecular weight is 942 g/mol. The minimum Gasteiger partial charge on any atom is -0.378 e. The second-order valence-electron chi connectivity index (χ2n) is 17.1. The number of aromatic nitrogens is 12. The minimum absolute atomic E-state index is 0.141. The fraction of sp³-hybridized carbons (Fsp3) is 0.354. The number of anilines is 4. The van der Waals surface area contributed by atoms with E-state index in [0.717, 1.165) is 61.7 Å². The Bertz CT molecular complexity index is 2980. The second kappa shape index (κ2) is 22.2. The first-order chi connectivity index (χ1) is 33.4. The Morgan fingerprint density at radius 1 is 0.638 bits per heavy atom. The molecule has 1 aliphatic heterocycles. The van der Waals surface area contributed by atoms with E-state index in [4.69, 9.17) is 14.5 Å². The highest BCUT2D eigenvalue weighted by Crippen LogP contribution is 2.27. The van der Waals surface area contributed by atoms with Crippen molar-refractivity contribution in [3.63, 3.8) is 0 Å². The van der Waals surface area contributed by atoms with Gasteiger partial charge in [0, 0.05) is 80.9 Å². The molecule has 1 saturated heterocycles. The topological polar surface area (TPSA) is 211 Å². The Morgan fingerprint density at radius 2 is 1.16 bits per heavy atom. The zero-order valence-electron chi connectivity index (χ0n) is 39.0. The van der Waals surface area contributed by atoms with E-state index in [2.05, 4.69) is 88.6 Å². The predicted octanol–water partition coefficient (Wildman–Crippen LogP) is 7.45. The summed E-state index contributed by atoms with van der Waals surface area (Å²) in [6.07, 6.45) is 14.1. The molecule has 0 aliphatic carbocycles. The summed E-state index contributed by atoms with van der Waals surface area (Å²) in [5, 5.41) is 31.7. The third kappa shape index (κ3) is 12.6. The lowest BCUT2D eigenvalue weighted by Crippen LogP contribution is -2.55. The highest BCUT2D eigenvalue weighted by Gasteiger charge is 2.31. The van der Waals surface area contributed by atoms with E-state index < -0.39 is 18.8 Å². The molecule has 69 heavy (non-hydrogen) atoms. The van der Waals surface area contributed by atoms with Crippen molar-refractivity contribution in [1.29, 1.82) is 0 Å². The molecule has 0 aromatic carbocycles. The van der Waals surface area contributed by atoms with Crippen LogP contribution in [0.1, 0.15) is 50.7 Å². The quantitative estimate of drug-likeness (QED) is 0.0754. The molecule has 8 aromatic rings. The van der Waals surface area contributed by atoms with Gasteiger partial charge in [0.2, 0.25) is 0 Å². The summed E-state index contributed by atoms with van der Waals surface area (Å²) in [5.74, 6) is 3.29. The molecule has 19 nitrogen and oxygen atoms in total. The molecule has 9 heterocycles. The number of nitrogens with one attached hydrogen (secondary N) is 2. The lowest BCUT2D eigenvalue weighted by Gasteiger charge is -2.40. The summed E-state index contributed by atoms with van der Waals surface area (Å²) in [5.41, 5.74) is 8.78. The van der Waals surface area contributed by atoms with Crippen LogP contribution in [0.4, 0.5) is 32.1 Å². The van der Waals surface area contributed by atoms with Gasteiger partial charge in [0.1, 0.15) is 17.7 Å². The van der Waals surface area contributed by atoms with E-state index in [-0.39, 0.29) is 6.10 Å². The van der Waals surface area contributed by atoms with Gasteiger partial charge in [-0.2, -0.15) is 29.2 Å². The van der Waals surface area contributed by atoms with Gasteiger partial charge in [-0.15, -0.1) is 10.2 Å². The third-order valence-corrected chi connectivity index (χ3v) is 11.4. The number of carbonyl (C=O) groups excluding carboxylic acids is 1. The maximum atomic E-state index is 12.3. The van der Waals surface area contributed by atoms with E-state index in [1.807, 2.05) is 70.5 Å². The Kier molecular flexibility index (Phi) is 15.5. The summed E-state index contributed by atoms with van der Waals surface area (Å²) in [7, 11) is 3.13. The number of nitrogens with zero attached hydrogens (tertiary/aromatic N) is 13. The van der Waals surface area contributed by atoms with Crippen LogP contribution < -0.4 is 10.6 Å². The van der Waals surface area contributed by atoms with E-state index in [1.165, 1.54) is 7.11 Å². The predicted molar refractivity (Wildman–Crippen MR) is 255 cm³/mol. The zero-order valence-corrected chi connectivity index (χ0v) is 39.0. The van der Waals surface area contributed by atoms with Gasteiger partial charge in [-0.1, -0.05) is 27.7 Å². The van der Waals surface area contributed by atoms with Gasteiger partial charge < -0.3 is 29.6 Å². The molecule has 9 rings (SSSR count).